The Morgan fingerprint density at radius 1 is 1.33 bits per heavy atom. The van der Waals surface area contributed by atoms with Gasteiger partial charge in [-0.2, -0.15) is 0 Å². The van der Waals surface area contributed by atoms with E-state index in [9.17, 15) is 10.1 Å². The van der Waals surface area contributed by atoms with Crippen molar-refractivity contribution in [2.24, 2.45) is 0 Å². The van der Waals surface area contributed by atoms with Gasteiger partial charge in [0.1, 0.15) is 11.6 Å². The molecule has 1 aromatic carbocycles. The van der Waals surface area contributed by atoms with Crippen LogP contribution in [0.5, 0.6) is 5.75 Å². The van der Waals surface area contributed by atoms with Crippen LogP contribution in [0.25, 0.3) is 11.3 Å². The quantitative estimate of drug-likeness (QED) is 0.650. The van der Waals surface area contributed by atoms with Crippen LogP contribution >= 0.6 is 0 Å². The van der Waals surface area contributed by atoms with Crippen molar-refractivity contribution >= 4 is 11.5 Å². The average molecular weight is 287 g/mol. The molecular weight excluding hydrogens is 270 g/mol. The Kier molecular flexibility index (Phi) is 4.71. The first-order valence-electron chi connectivity index (χ1n) is 6.69. The highest BCUT2D eigenvalue weighted by molar-refractivity contribution is 5.72. The molecular formula is C15H17N3O3. The van der Waals surface area contributed by atoms with E-state index in [4.69, 9.17) is 4.74 Å². The predicted octanol–water partition coefficient (Wildman–Crippen LogP) is 3.49. The topological polar surface area (TPSA) is 77.3 Å². The van der Waals surface area contributed by atoms with Crippen LogP contribution in [0.4, 0.5) is 11.5 Å². The Hall–Kier alpha value is -2.63. The molecule has 0 saturated carbocycles. The first kappa shape index (κ1) is 14.8. The van der Waals surface area contributed by atoms with Gasteiger partial charge in [-0.3, -0.25) is 10.1 Å². The highest BCUT2D eigenvalue weighted by atomic mass is 16.6. The molecule has 21 heavy (non-hydrogen) atoms. The fourth-order valence-electron chi connectivity index (χ4n) is 1.93. The molecule has 110 valence electrons. The Morgan fingerprint density at radius 3 is 2.81 bits per heavy atom. The molecule has 0 aliphatic heterocycles. The summed E-state index contributed by atoms with van der Waals surface area (Å²) < 4.78 is 5.16. The Morgan fingerprint density at radius 2 is 2.14 bits per heavy atom. The van der Waals surface area contributed by atoms with Crippen LogP contribution in [0.2, 0.25) is 0 Å². The molecule has 6 heteroatoms. The number of ether oxygens (including phenoxy) is 1. The van der Waals surface area contributed by atoms with Gasteiger partial charge in [0.2, 0.25) is 0 Å². The van der Waals surface area contributed by atoms with E-state index in [2.05, 4.69) is 10.3 Å². The van der Waals surface area contributed by atoms with E-state index in [0.29, 0.717) is 22.8 Å². The third kappa shape index (κ3) is 3.47. The van der Waals surface area contributed by atoms with Gasteiger partial charge in [-0.15, -0.1) is 0 Å². The minimum atomic E-state index is -0.425. The van der Waals surface area contributed by atoms with Crippen LogP contribution in [0.15, 0.2) is 36.4 Å². The van der Waals surface area contributed by atoms with Crippen molar-refractivity contribution in [1.29, 1.82) is 0 Å². The lowest BCUT2D eigenvalue weighted by Crippen LogP contribution is -2.04. The summed E-state index contributed by atoms with van der Waals surface area (Å²) in [5.41, 5.74) is 0.964. The molecule has 0 amide bonds. The Labute approximate surface area is 122 Å². The van der Waals surface area contributed by atoms with Crippen LogP contribution in [0.3, 0.4) is 0 Å². The molecule has 0 aliphatic rings. The Bertz CT molecular complexity index is 644. The van der Waals surface area contributed by atoms with Gasteiger partial charge in [0.25, 0.3) is 5.69 Å². The van der Waals surface area contributed by atoms with Crippen molar-refractivity contribution in [2.75, 3.05) is 19.0 Å². The first-order valence-corrected chi connectivity index (χ1v) is 6.69. The number of nitrogens with zero attached hydrogens (tertiary/aromatic N) is 2. The highest BCUT2D eigenvalue weighted by Gasteiger charge is 2.18. The predicted molar refractivity (Wildman–Crippen MR) is 81.7 cm³/mol. The number of benzene rings is 1. The van der Waals surface area contributed by atoms with E-state index >= 15 is 0 Å². The van der Waals surface area contributed by atoms with E-state index in [1.807, 2.05) is 6.92 Å². The summed E-state index contributed by atoms with van der Waals surface area (Å²) >= 11 is 0. The minimum absolute atomic E-state index is 0.0229. The molecule has 0 spiro atoms. The van der Waals surface area contributed by atoms with E-state index in [1.165, 1.54) is 6.07 Å². The third-order valence-electron chi connectivity index (χ3n) is 2.97. The lowest BCUT2D eigenvalue weighted by atomic mass is 10.1. The van der Waals surface area contributed by atoms with Gasteiger partial charge in [-0.1, -0.05) is 19.1 Å². The van der Waals surface area contributed by atoms with E-state index in [-0.39, 0.29) is 5.69 Å². The second kappa shape index (κ2) is 6.69. The van der Waals surface area contributed by atoms with Gasteiger partial charge < -0.3 is 10.1 Å². The van der Waals surface area contributed by atoms with Crippen molar-refractivity contribution in [3.8, 4) is 17.0 Å². The molecule has 0 aliphatic carbocycles. The van der Waals surface area contributed by atoms with Crippen LogP contribution in [-0.4, -0.2) is 23.6 Å². The molecule has 1 aromatic heterocycles. The van der Waals surface area contributed by atoms with Crippen LogP contribution in [0.1, 0.15) is 13.3 Å². The second-order valence-corrected chi connectivity index (χ2v) is 4.48. The van der Waals surface area contributed by atoms with Crippen molar-refractivity contribution < 1.29 is 9.66 Å². The fourth-order valence-corrected chi connectivity index (χ4v) is 1.93. The molecule has 0 unspecified atom stereocenters. The number of nitrogens with one attached hydrogen (secondary N) is 1. The molecule has 0 fully saturated rings. The molecule has 2 rings (SSSR count). The maximum atomic E-state index is 11.2. The van der Waals surface area contributed by atoms with E-state index in [0.717, 1.165) is 13.0 Å². The maximum absolute atomic E-state index is 11.2. The molecule has 0 bridgehead atoms. The third-order valence-corrected chi connectivity index (χ3v) is 2.97. The standard InChI is InChI=1S/C15H17N3O3/c1-3-9-16-14-8-7-13(18(19)20)15(17-14)11-5-4-6-12(10-11)21-2/h4-8,10H,3,9H2,1-2H3,(H,16,17). The zero-order valence-electron chi connectivity index (χ0n) is 12.0. The number of methoxy groups -OCH3 is 1. The molecule has 0 radical (unpaired) electrons. The van der Waals surface area contributed by atoms with Gasteiger partial charge in [-0.25, -0.2) is 4.98 Å². The molecule has 6 nitrogen and oxygen atoms in total. The number of hydrogen-bond acceptors (Lipinski definition) is 5. The van der Waals surface area contributed by atoms with E-state index in [1.54, 1.807) is 37.4 Å². The number of anilines is 1. The monoisotopic (exact) mass is 287 g/mol. The molecule has 0 atom stereocenters. The molecule has 1 heterocycles. The van der Waals surface area contributed by atoms with Gasteiger partial charge in [0, 0.05) is 18.2 Å². The summed E-state index contributed by atoms with van der Waals surface area (Å²) in [6.07, 6.45) is 0.952. The lowest BCUT2D eigenvalue weighted by molar-refractivity contribution is -0.384. The van der Waals surface area contributed by atoms with Gasteiger partial charge >= 0.3 is 0 Å². The SMILES string of the molecule is CCCNc1ccc([N+](=O)[O-])c(-c2cccc(OC)c2)n1. The van der Waals surface area contributed by atoms with Gasteiger partial charge in [0.05, 0.1) is 12.0 Å². The number of pyridine rings is 1. The molecule has 1 N–H and O–H groups in total. The summed E-state index contributed by atoms with van der Waals surface area (Å²) in [6, 6.07) is 10.2. The zero-order valence-corrected chi connectivity index (χ0v) is 12.0. The van der Waals surface area contributed by atoms with Crippen LogP contribution in [0, 0.1) is 10.1 Å². The van der Waals surface area contributed by atoms with E-state index < -0.39 is 4.92 Å². The van der Waals surface area contributed by atoms with Crippen molar-refractivity contribution in [2.45, 2.75) is 13.3 Å². The smallest absolute Gasteiger partial charge is 0.295 e. The summed E-state index contributed by atoms with van der Waals surface area (Å²) in [4.78, 5) is 15.1. The lowest BCUT2D eigenvalue weighted by Gasteiger charge is -2.08. The fraction of sp³-hybridized carbons (Fsp3) is 0.267. The number of rotatable bonds is 6. The molecule has 2 aromatic rings. The average Bonchev–Trinajstić information content (AvgIpc) is 2.52. The van der Waals surface area contributed by atoms with Crippen LogP contribution in [-0.2, 0) is 0 Å². The summed E-state index contributed by atoms with van der Waals surface area (Å²) in [5, 5.41) is 14.3. The largest absolute Gasteiger partial charge is 0.497 e. The Balaban J connectivity index is 2.49. The number of nitro groups is 1. The molecule has 0 saturated heterocycles. The summed E-state index contributed by atoms with van der Waals surface area (Å²) in [6.45, 7) is 2.81. The second-order valence-electron chi connectivity index (χ2n) is 4.48. The maximum Gasteiger partial charge on any atom is 0.295 e. The minimum Gasteiger partial charge on any atom is -0.497 e. The van der Waals surface area contributed by atoms with Crippen molar-refractivity contribution in [3.05, 3.63) is 46.5 Å². The number of aromatic nitrogens is 1. The van der Waals surface area contributed by atoms with Gasteiger partial charge in [-0.05, 0) is 24.6 Å². The normalized spacial score (nSPS) is 10.2. The number of hydrogen-bond donors (Lipinski definition) is 1. The summed E-state index contributed by atoms with van der Waals surface area (Å²) in [5.74, 6) is 1.26. The highest BCUT2D eigenvalue weighted by Crippen LogP contribution is 2.31. The zero-order chi connectivity index (χ0) is 15.2. The van der Waals surface area contributed by atoms with Crippen molar-refractivity contribution in [3.63, 3.8) is 0 Å². The summed E-state index contributed by atoms with van der Waals surface area (Å²) in [7, 11) is 1.56. The van der Waals surface area contributed by atoms with Crippen LogP contribution < -0.4 is 10.1 Å². The van der Waals surface area contributed by atoms with Crippen molar-refractivity contribution in [1.82, 2.24) is 4.98 Å². The van der Waals surface area contributed by atoms with Gasteiger partial charge in [0.15, 0.2) is 5.69 Å². The first-order chi connectivity index (χ1) is 10.2.